The Hall–Kier alpha value is -0.570. The Bertz CT molecular complexity index is 210. The van der Waals surface area contributed by atoms with Gasteiger partial charge in [0.2, 0.25) is 5.91 Å². The molecule has 0 aromatic carbocycles. The lowest BCUT2D eigenvalue weighted by Crippen LogP contribution is -2.32. The van der Waals surface area contributed by atoms with Gasteiger partial charge in [0.15, 0.2) is 0 Å². The Kier molecular flexibility index (Phi) is 7.25. The molecule has 1 fully saturated rings. The fraction of sp³-hybridized carbons (Fsp3) is 0.929. The van der Waals surface area contributed by atoms with Crippen LogP contribution in [-0.2, 0) is 4.79 Å². The van der Waals surface area contributed by atoms with Gasteiger partial charge in [0.05, 0.1) is 5.92 Å². The molecule has 0 bridgehead atoms. The van der Waals surface area contributed by atoms with Gasteiger partial charge >= 0.3 is 0 Å². The van der Waals surface area contributed by atoms with Gasteiger partial charge in [0, 0.05) is 13.1 Å². The third-order valence-corrected chi connectivity index (χ3v) is 3.44. The van der Waals surface area contributed by atoms with Gasteiger partial charge in [-0.3, -0.25) is 4.79 Å². The number of carbonyl (C=O) groups is 1. The van der Waals surface area contributed by atoms with Crippen LogP contribution in [0.2, 0.25) is 0 Å². The van der Waals surface area contributed by atoms with Crippen LogP contribution in [0.4, 0.5) is 0 Å². The minimum atomic E-state index is 0.218. The van der Waals surface area contributed by atoms with Crippen molar-refractivity contribution >= 4 is 5.91 Å². The summed E-state index contributed by atoms with van der Waals surface area (Å²) in [5.74, 6) is 1.29. The molecule has 3 nitrogen and oxygen atoms in total. The summed E-state index contributed by atoms with van der Waals surface area (Å²) < 4.78 is 0. The monoisotopic (exact) mass is 240 g/mol. The first kappa shape index (κ1) is 14.5. The van der Waals surface area contributed by atoms with Crippen LogP contribution >= 0.6 is 0 Å². The third kappa shape index (κ3) is 6.67. The second-order valence-corrected chi connectivity index (χ2v) is 5.58. The molecule has 1 amide bonds. The second kappa shape index (κ2) is 8.51. The number of unbranched alkanes of at least 4 members (excludes halogenated alkanes) is 3. The van der Waals surface area contributed by atoms with Crippen LogP contribution in [0.15, 0.2) is 0 Å². The fourth-order valence-electron chi connectivity index (χ4n) is 2.27. The number of nitrogens with one attached hydrogen (secondary N) is 2. The van der Waals surface area contributed by atoms with E-state index in [2.05, 4.69) is 24.5 Å². The molecule has 1 aliphatic rings. The summed E-state index contributed by atoms with van der Waals surface area (Å²) in [6, 6.07) is 0. The Morgan fingerprint density at radius 2 is 2.06 bits per heavy atom. The average Bonchev–Trinajstić information content (AvgIpc) is 2.80. The van der Waals surface area contributed by atoms with Crippen LogP contribution in [-0.4, -0.2) is 25.5 Å². The van der Waals surface area contributed by atoms with Crippen LogP contribution in [0.1, 0.15) is 52.4 Å². The zero-order valence-electron chi connectivity index (χ0n) is 11.4. The zero-order chi connectivity index (χ0) is 12.5. The zero-order valence-corrected chi connectivity index (χ0v) is 11.4. The molecule has 1 saturated heterocycles. The molecule has 0 aromatic rings. The molecule has 1 rings (SSSR count). The van der Waals surface area contributed by atoms with Gasteiger partial charge in [-0.1, -0.05) is 39.5 Å². The van der Waals surface area contributed by atoms with E-state index in [0.29, 0.717) is 0 Å². The van der Waals surface area contributed by atoms with E-state index in [9.17, 15) is 4.79 Å². The van der Waals surface area contributed by atoms with Crippen molar-refractivity contribution in [1.82, 2.24) is 10.6 Å². The SMILES string of the molecule is CC(C)CCCCCCNC(=O)C1CCNC1. The topological polar surface area (TPSA) is 41.1 Å². The molecule has 1 atom stereocenters. The predicted molar refractivity (Wildman–Crippen MR) is 71.9 cm³/mol. The molecule has 1 unspecified atom stereocenters. The number of hydrogen-bond acceptors (Lipinski definition) is 2. The van der Waals surface area contributed by atoms with Gasteiger partial charge < -0.3 is 10.6 Å². The highest BCUT2D eigenvalue weighted by Gasteiger charge is 2.21. The van der Waals surface area contributed by atoms with Crippen LogP contribution < -0.4 is 10.6 Å². The molecule has 2 N–H and O–H groups in total. The Morgan fingerprint density at radius 1 is 1.29 bits per heavy atom. The Morgan fingerprint density at radius 3 is 2.71 bits per heavy atom. The molecule has 17 heavy (non-hydrogen) atoms. The van der Waals surface area contributed by atoms with E-state index in [1.165, 1.54) is 25.7 Å². The molecule has 0 aliphatic carbocycles. The molecule has 0 saturated carbocycles. The number of rotatable bonds is 8. The molecule has 1 aliphatic heterocycles. The lowest BCUT2D eigenvalue weighted by molar-refractivity contribution is -0.124. The third-order valence-electron chi connectivity index (χ3n) is 3.44. The standard InChI is InChI=1S/C14H28N2O/c1-12(2)7-5-3-4-6-9-16-14(17)13-8-10-15-11-13/h12-13,15H,3-11H2,1-2H3,(H,16,17). The molecule has 0 aromatic heterocycles. The van der Waals surface area contributed by atoms with Crippen molar-refractivity contribution in [2.45, 2.75) is 52.4 Å². The predicted octanol–water partition coefficient (Wildman–Crippen LogP) is 2.32. The van der Waals surface area contributed by atoms with Crippen LogP contribution in [0.3, 0.4) is 0 Å². The van der Waals surface area contributed by atoms with E-state index in [1.54, 1.807) is 0 Å². The van der Waals surface area contributed by atoms with Crippen LogP contribution in [0, 0.1) is 11.8 Å². The number of amides is 1. The lowest BCUT2D eigenvalue weighted by atomic mass is 10.0. The van der Waals surface area contributed by atoms with Crippen molar-refractivity contribution in [3.05, 3.63) is 0 Å². The molecular weight excluding hydrogens is 212 g/mol. The fourth-order valence-corrected chi connectivity index (χ4v) is 2.27. The molecular formula is C14H28N2O. The van der Waals surface area contributed by atoms with Gasteiger partial charge in [-0.15, -0.1) is 0 Å². The molecule has 100 valence electrons. The normalized spacial score (nSPS) is 19.8. The number of carbonyl (C=O) groups excluding carboxylic acids is 1. The number of hydrogen-bond donors (Lipinski definition) is 2. The van der Waals surface area contributed by atoms with Gasteiger partial charge in [0.25, 0.3) is 0 Å². The summed E-state index contributed by atoms with van der Waals surface area (Å²) in [6.07, 6.45) is 7.34. The van der Waals surface area contributed by atoms with Crippen molar-refractivity contribution < 1.29 is 4.79 Å². The van der Waals surface area contributed by atoms with E-state index in [0.717, 1.165) is 38.4 Å². The first-order valence-corrected chi connectivity index (χ1v) is 7.18. The largest absolute Gasteiger partial charge is 0.356 e. The highest BCUT2D eigenvalue weighted by atomic mass is 16.1. The maximum absolute atomic E-state index is 11.7. The molecule has 3 heteroatoms. The Labute approximate surface area is 106 Å². The first-order valence-electron chi connectivity index (χ1n) is 7.18. The lowest BCUT2D eigenvalue weighted by Gasteiger charge is -2.09. The van der Waals surface area contributed by atoms with Crippen molar-refractivity contribution in [1.29, 1.82) is 0 Å². The molecule has 1 heterocycles. The summed E-state index contributed by atoms with van der Waals surface area (Å²) in [5.41, 5.74) is 0. The van der Waals surface area contributed by atoms with Crippen molar-refractivity contribution in [3.8, 4) is 0 Å². The van der Waals surface area contributed by atoms with E-state index < -0.39 is 0 Å². The molecule has 0 radical (unpaired) electrons. The summed E-state index contributed by atoms with van der Waals surface area (Å²) in [5, 5.41) is 6.27. The van der Waals surface area contributed by atoms with Crippen molar-refractivity contribution in [2.75, 3.05) is 19.6 Å². The quantitative estimate of drug-likeness (QED) is 0.639. The molecule has 0 spiro atoms. The highest BCUT2D eigenvalue weighted by molar-refractivity contribution is 5.79. The maximum atomic E-state index is 11.7. The first-order chi connectivity index (χ1) is 8.20. The van der Waals surface area contributed by atoms with Gasteiger partial charge in [-0.25, -0.2) is 0 Å². The smallest absolute Gasteiger partial charge is 0.224 e. The summed E-state index contributed by atoms with van der Waals surface area (Å²) in [7, 11) is 0. The highest BCUT2D eigenvalue weighted by Crippen LogP contribution is 2.09. The van der Waals surface area contributed by atoms with E-state index in [1.807, 2.05) is 0 Å². The Balaban J connectivity index is 1.88. The maximum Gasteiger partial charge on any atom is 0.224 e. The van der Waals surface area contributed by atoms with E-state index in [4.69, 9.17) is 0 Å². The van der Waals surface area contributed by atoms with Crippen molar-refractivity contribution in [2.24, 2.45) is 11.8 Å². The minimum absolute atomic E-state index is 0.218. The van der Waals surface area contributed by atoms with Crippen LogP contribution in [0.25, 0.3) is 0 Å². The second-order valence-electron chi connectivity index (χ2n) is 5.58. The summed E-state index contributed by atoms with van der Waals surface area (Å²) in [6.45, 7) is 7.26. The summed E-state index contributed by atoms with van der Waals surface area (Å²) >= 11 is 0. The van der Waals surface area contributed by atoms with Crippen LogP contribution in [0.5, 0.6) is 0 Å². The van der Waals surface area contributed by atoms with E-state index >= 15 is 0 Å². The average molecular weight is 240 g/mol. The van der Waals surface area contributed by atoms with Gasteiger partial charge in [-0.05, 0) is 25.3 Å². The summed E-state index contributed by atoms with van der Waals surface area (Å²) in [4.78, 5) is 11.7. The van der Waals surface area contributed by atoms with Gasteiger partial charge in [0.1, 0.15) is 0 Å². The van der Waals surface area contributed by atoms with Crippen molar-refractivity contribution in [3.63, 3.8) is 0 Å². The van der Waals surface area contributed by atoms with E-state index in [-0.39, 0.29) is 11.8 Å². The van der Waals surface area contributed by atoms with Gasteiger partial charge in [-0.2, -0.15) is 0 Å². The minimum Gasteiger partial charge on any atom is -0.356 e.